The topological polar surface area (TPSA) is 67.9 Å². The summed E-state index contributed by atoms with van der Waals surface area (Å²) in [6.45, 7) is 1.99. The van der Waals surface area contributed by atoms with Gasteiger partial charge in [-0.25, -0.2) is 0 Å². The molecule has 0 aromatic heterocycles. The van der Waals surface area contributed by atoms with Gasteiger partial charge in [0.05, 0.1) is 25.5 Å². The Labute approximate surface area is 159 Å². The zero-order valence-electron chi connectivity index (χ0n) is 16.2. The number of carbonyl (C=O) groups excluding carboxylic acids is 2. The molecule has 0 saturated carbocycles. The summed E-state index contributed by atoms with van der Waals surface area (Å²) >= 11 is 0. The second kappa shape index (κ2) is 8.89. The van der Waals surface area contributed by atoms with Crippen molar-refractivity contribution in [2.75, 3.05) is 33.6 Å². The third kappa shape index (κ3) is 5.10. The van der Waals surface area contributed by atoms with Crippen LogP contribution in [0.2, 0.25) is 0 Å². The molecular formula is C21H24N2O4. The summed E-state index contributed by atoms with van der Waals surface area (Å²) in [5.74, 6) is 0.229. The predicted molar refractivity (Wildman–Crippen MR) is 106 cm³/mol. The van der Waals surface area contributed by atoms with Gasteiger partial charge in [0.1, 0.15) is 0 Å². The maximum atomic E-state index is 12.5. The van der Waals surface area contributed by atoms with E-state index >= 15 is 0 Å². The van der Waals surface area contributed by atoms with Crippen LogP contribution >= 0.6 is 0 Å². The largest absolute Gasteiger partial charge is 0.493 e. The molecule has 0 radical (unpaired) electrons. The maximum absolute atomic E-state index is 12.5. The van der Waals surface area contributed by atoms with Gasteiger partial charge < -0.3 is 19.7 Å². The number of amides is 2. The molecule has 27 heavy (non-hydrogen) atoms. The lowest BCUT2D eigenvalue weighted by Crippen LogP contribution is -2.24. The summed E-state index contributed by atoms with van der Waals surface area (Å²) in [5.41, 5.74) is 2.69. The second-order valence-corrected chi connectivity index (χ2v) is 6.19. The monoisotopic (exact) mass is 368 g/mol. The highest BCUT2D eigenvalue weighted by Crippen LogP contribution is 2.34. The first-order valence-electron chi connectivity index (χ1n) is 8.39. The van der Waals surface area contributed by atoms with Crippen LogP contribution in [0, 0.1) is 6.92 Å². The first-order valence-corrected chi connectivity index (χ1v) is 8.39. The molecule has 0 aliphatic rings. The fraction of sp³-hybridized carbons (Fsp3) is 0.238. The minimum atomic E-state index is -0.350. The molecule has 0 aliphatic heterocycles. The number of nitrogens with zero attached hydrogens (tertiary/aromatic N) is 1. The SMILES string of the molecule is COc1cc(NC(=O)/C=C/c2cccc(C)c2)c(C(=O)N(C)C)cc1OC. The predicted octanol–water partition coefficient (Wildman–Crippen LogP) is 3.37. The van der Waals surface area contributed by atoms with Gasteiger partial charge in [0, 0.05) is 26.2 Å². The van der Waals surface area contributed by atoms with E-state index in [4.69, 9.17) is 9.47 Å². The van der Waals surface area contributed by atoms with E-state index in [1.807, 2.05) is 31.2 Å². The number of nitrogens with one attached hydrogen (secondary N) is 1. The normalized spacial score (nSPS) is 10.6. The number of aryl methyl sites for hydroxylation is 1. The van der Waals surface area contributed by atoms with Crippen molar-refractivity contribution in [3.8, 4) is 11.5 Å². The molecule has 0 fully saturated rings. The molecule has 0 aliphatic carbocycles. The summed E-state index contributed by atoms with van der Waals surface area (Å²) in [6, 6.07) is 10.9. The van der Waals surface area contributed by atoms with Gasteiger partial charge in [0.25, 0.3) is 5.91 Å². The highest BCUT2D eigenvalue weighted by atomic mass is 16.5. The number of rotatable bonds is 6. The highest BCUT2D eigenvalue weighted by molar-refractivity contribution is 6.08. The summed E-state index contributed by atoms with van der Waals surface area (Å²) in [5, 5.41) is 2.75. The van der Waals surface area contributed by atoms with Gasteiger partial charge in [-0.15, -0.1) is 0 Å². The number of ether oxygens (including phenoxy) is 2. The lowest BCUT2D eigenvalue weighted by Gasteiger charge is -2.17. The summed E-state index contributed by atoms with van der Waals surface area (Å²) in [4.78, 5) is 26.3. The summed E-state index contributed by atoms with van der Waals surface area (Å²) < 4.78 is 10.5. The van der Waals surface area contributed by atoms with Crippen molar-refractivity contribution in [3.63, 3.8) is 0 Å². The number of anilines is 1. The molecule has 6 nitrogen and oxygen atoms in total. The molecule has 2 amide bonds. The lowest BCUT2D eigenvalue weighted by molar-refractivity contribution is -0.111. The number of hydrogen-bond donors (Lipinski definition) is 1. The third-order valence-electron chi connectivity index (χ3n) is 3.89. The van der Waals surface area contributed by atoms with Crippen LogP contribution < -0.4 is 14.8 Å². The zero-order chi connectivity index (χ0) is 20.0. The Morgan fingerprint density at radius 2 is 1.70 bits per heavy atom. The highest BCUT2D eigenvalue weighted by Gasteiger charge is 2.19. The molecule has 6 heteroatoms. The molecule has 0 saturated heterocycles. The summed E-state index contributed by atoms with van der Waals surface area (Å²) in [6.07, 6.45) is 3.14. The molecule has 0 heterocycles. The van der Waals surface area contributed by atoms with Crippen molar-refractivity contribution in [1.29, 1.82) is 0 Å². The van der Waals surface area contributed by atoms with Gasteiger partial charge in [-0.1, -0.05) is 29.8 Å². The first kappa shape index (κ1) is 20.0. The Hall–Kier alpha value is -3.28. The number of methoxy groups -OCH3 is 2. The fourth-order valence-corrected chi connectivity index (χ4v) is 2.52. The van der Waals surface area contributed by atoms with Crippen molar-refractivity contribution < 1.29 is 19.1 Å². The van der Waals surface area contributed by atoms with Crippen LogP contribution in [0.3, 0.4) is 0 Å². The molecule has 142 valence electrons. The Balaban J connectivity index is 2.32. The minimum Gasteiger partial charge on any atom is -0.493 e. The molecule has 2 aromatic carbocycles. The van der Waals surface area contributed by atoms with Crippen molar-refractivity contribution in [1.82, 2.24) is 4.90 Å². The third-order valence-corrected chi connectivity index (χ3v) is 3.89. The molecule has 1 N–H and O–H groups in total. The van der Waals surface area contributed by atoms with Crippen LogP contribution in [-0.2, 0) is 4.79 Å². The van der Waals surface area contributed by atoms with Crippen molar-refractivity contribution >= 4 is 23.6 Å². The average Bonchev–Trinajstić information content (AvgIpc) is 2.65. The Morgan fingerprint density at radius 1 is 1.04 bits per heavy atom. The van der Waals surface area contributed by atoms with Crippen molar-refractivity contribution in [3.05, 3.63) is 59.2 Å². The Bertz CT molecular complexity index is 872. The van der Waals surface area contributed by atoms with Gasteiger partial charge in [0.2, 0.25) is 5.91 Å². The minimum absolute atomic E-state index is 0.256. The summed E-state index contributed by atoms with van der Waals surface area (Å²) in [7, 11) is 6.27. The van der Waals surface area contributed by atoms with E-state index < -0.39 is 0 Å². The smallest absolute Gasteiger partial charge is 0.255 e. The van der Waals surface area contributed by atoms with Gasteiger partial charge >= 0.3 is 0 Å². The van der Waals surface area contributed by atoms with Crippen LogP contribution in [0.1, 0.15) is 21.5 Å². The van der Waals surface area contributed by atoms with Crippen LogP contribution in [0.25, 0.3) is 6.08 Å². The number of hydrogen-bond acceptors (Lipinski definition) is 4. The van der Waals surface area contributed by atoms with Crippen LogP contribution in [0.5, 0.6) is 11.5 Å². The van der Waals surface area contributed by atoms with E-state index in [0.717, 1.165) is 11.1 Å². The Morgan fingerprint density at radius 3 is 2.30 bits per heavy atom. The van der Waals surface area contributed by atoms with E-state index in [-0.39, 0.29) is 11.8 Å². The van der Waals surface area contributed by atoms with Crippen LogP contribution in [0.4, 0.5) is 5.69 Å². The van der Waals surface area contributed by atoms with Gasteiger partial charge in [-0.3, -0.25) is 9.59 Å². The van der Waals surface area contributed by atoms with E-state index in [0.29, 0.717) is 22.7 Å². The first-order chi connectivity index (χ1) is 12.8. The quantitative estimate of drug-likeness (QED) is 0.794. The molecule has 2 rings (SSSR count). The van der Waals surface area contributed by atoms with Gasteiger partial charge in [0.15, 0.2) is 11.5 Å². The second-order valence-electron chi connectivity index (χ2n) is 6.19. The van der Waals surface area contributed by atoms with E-state index in [1.54, 1.807) is 32.3 Å². The van der Waals surface area contributed by atoms with E-state index in [9.17, 15) is 9.59 Å². The zero-order valence-corrected chi connectivity index (χ0v) is 16.2. The fourth-order valence-electron chi connectivity index (χ4n) is 2.52. The van der Waals surface area contributed by atoms with Gasteiger partial charge in [-0.2, -0.15) is 0 Å². The molecule has 0 bridgehead atoms. The average molecular weight is 368 g/mol. The molecule has 0 spiro atoms. The van der Waals surface area contributed by atoms with E-state index in [1.165, 1.54) is 25.2 Å². The lowest BCUT2D eigenvalue weighted by atomic mass is 10.1. The molecule has 2 aromatic rings. The molecular weight excluding hydrogens is 344 g/mol. The van der Waals surface area contributed by atoms with Crippen LogP contribution in [-0.4, -0.2) is 45.0 Å². The number of carbonyl (C=O) groups is 2. The molecule has 0 unspecified atom stereocenters. The standard InChI is InChI=1S/C21H24N2O4/c1-14-7-6-8-15(11-14)9-10-20(24)22-17-13-19(27-5)18(26-4)12-16(17)21(25)23(2)3/h6-13H,1-5H3,(H,22,24)/b10-9+. The van der Waals surface area contributed by atoms with Crippen molar-refractivity contribution in [2.45, 2.75) is 6.92 Å². The van der Waals surface area contributed by atoms with Crippen molar-refractivity contribution in [2.24, 2.45) is 0 Å². The molecule has 0 atom stereocenters. The Kier molecular flexibility index (Phi) is 6.60. The number of benzene rings is 2. The maximum Gasteiger partial charge on any atom is 0.255 e. The van der Waals surface area contributed by atoms with E-state index in [2.05, 4.69) is 5.32 Å². The van der Waals surface area contributed by atoms with Gasteiger partial charge in [-0.05, 0) is 24.6 Å². The van der Waals surface area contributed by atoms with Crippen LogP contribution in [0.15, 0.2) is 42.5 Å².